The molecule has 0 unspecified atom stereocenters. The summed E-state index contributed by atoms with van der Waals surface area (Å²) in [6.45, 7) is 5.58. The molecule has 1 aliphatic rings. The number of nitrogens with zero attached hydrogens (tertiary/aromatic N) is 1. The lowest BCUT2D eigenvalue weighted by molar-refractivity contribution is 0.0558. The maximum Gasteiger partial charge on any atom is 0.253 e. The van der Waals surface area contributed by atoms with Gasteiger partial charge in [-0.2, -0.15) is 0 Å². The third-order valence-corrected chi connectivity index (χ3v) is 4.60. The highest BCUT2D eigenvalue weighted by Gasteiger charge is 2.39. The fourth-order valence-electron chi connectivity index (χ4n) is 2.90. The van der Waals surface area contributed by atoms with E-state index in [1.54, 1.807) is 0 Å². The van der Waals surface area contributed by atoms with Crippen molar-refractivity contribution in [3.05, 3.63) is 29.3 Å². The molecule has 2 rings (SSSR count). The van der Waals surface area contributed by atoms with E-state index in [9.17, 15) is 4.79 Å². The highest BCUT2D eigenvalue weighted by Crippen LogP contribution is 2.35. The third-order valence-electron chi connectivity index (χ3n) is 4.60. The first-order valence-electron chi connectivity index (χ1n) is 7.79. The second-order valence-electron chi connectivity index (χ2n) is 6.23. The average Bonchev–Trinajstić information content (AvgIpc) is 2.39. The van der Waals surface area contributed by atoms with Crippen LogP contribution in [0.5, 0.6) is 0 Å². The van der Waals surface area contributed by atoms with E-state index in [4.69, 9.17) is 0 Å². The summed E-state index contributed by atoms with van der Waals surface area (Å²) >= 11 is 0. The summed E-state index contributed by atoms with van der Waals surface area (Å²) in [4.78, 5) is 14.8. The van der Waals surface area contributed by atoms with Crippen LogP contribution in [-0.4, -0.2) is 43.5 Å². The molecule has 2 N–H and O–H groups in total. The van der Waals surface area contributed by atoms with Crippen molar-refractivity contribution in [2.24, 2.45) is 0 Å². The number of anilines is 1. The number of carbonyl (C=O) groups excluding carboxylic acids is 1. The first-order valence-corrected chi connectivity index (χ1v) is 7.79. The van der Waals surface area contributed by atoms with E-state index >= 15 is 0 Å². The second-order valence-corrected chi connectivity index (χ2v) is 6.23. The Hall–Kier alpha value is -1.55. The quantitative estimate of drug-likeness (QED) is 0.846. The zero-order valence-corrected chi connectivity index (χ0v) is 13.6. The van der Waals surface area contributed by atoms with Crippen LogP contribution in [0.15, 0.2) is 18.2 Å². The maximum absolute atomic E-state index is 12.5. The molecule has 4 heteroatoms. The van der Waals surface area contributed by atoms with Gasteiger partial charge in [-0.15, -0.1) is 0 Å². The smallest absolute Gasteiger partial charge is 0.253 e. The lowest BCUT2D eigenvalue weighted by Gasteiger charge is -2.47. The molecule has 0 spiro atoms. The lowest BCUT2D eigenvalue weighted by atomic mass is 9.75. The molecule has 1 aromatic carbocycles. The van der Waals surface area contributed by atoms with Crippen LogP contribution in [0.3, 0.4) is 0 Å². The summed E-state index contributed by atoms with van der Waals surface area (Å²) in [6.07, 6.45) is 3.57. The molecule has 0 radical (unpaired) electrons. The van der Waals surface area contributed by atoms with Crippen LogP contribution in [0.25, 0.3) is 0 Å². The summed E-state index contributed by atoms with van der Waals surface area (Å²) in [6, 6.07) is 5.97. The number of likely N-dealkylation sites (N-methyl/N-ethyl adjacent to an activating group) is 1. The molecular weight excluding hydrogens is 262 g/mol. The zero-order valence-electron chi connectivity index (χ0n) is 13.6. The standard InChI is InChI=1S/C17H27N3O/c1-5-18-15-8-7-13(2)11-14(15)16(21)19-12-17(20(3)4)9-6-10-17/h7-8,11,18H,5-6,9-10,12H2,1-4H3,(H,19,21). The summed E-state index contributed by atoms with van der Waals surface area (Å²) in [5.74, 6) is 0.0165. The molecular formula is C17H27N3O. The van der Waals surface area contributed by atoms with Crippen molar-refractivity contribution in [1.82, 2.24) is 10.2 Å². The highest BCUT2D eigenvalue weighted by molar-refractivity contribution is 5.99. The van der Waals surface area contributed by atoms with Crippen LogP contribution in [0.2, 0.25) is 0 Å². The Morgan fingerprint density at radius 1 is 1.33 bits per heavy atom. The van der Waals surface area contributed by atoms with E-state index < -0.39 is 0 Å². The van der Waals surface area contributed by atoms with Crippen LogP contribution in [-0.2, 0) is 0 Å². The van der Waals surface area contributed by atoms with E-state index in [0.717, 1.165) is 42.7 Å². The molecule has 1 aliphatic carbocycles. The number of hydrogen-bond donors (Lipinski definition) is 2. The summed E-state index contributed by atoms with van der Waals surface area (Å²) < 4.78 is 0. The van der Waals surface area contributed by atoms with Crippen molar-refractivity contribution in [2.45, 2.75) is 38.6 Å². The van der Waals surface area contributed by atoms with Crippen LogP contribution >= 0.6 is 0 Å². The van der Waals surface area contributed by atoms with Crippen molar-refractivity contribution in [2.75, 3.05) is 32.5 Å². The molecule has 0 atom stereocenters. The van der Waals surface area contributed by atoms with Gasteiger partial charge in [0.25, 0.3) is 5.91 Å². The van der Waals surface area contributed by atoms with Crippen LogP contribution in [0.1, 0.15) is 42.1 Å². The maximum atomic E-state index is 12.5. The Morgan fingerprint density at radius 3 is 2.57 bits per heavy atom. The van der Waals surface area contributed by atoms with E-state index in [2.05, 4.69) is 29.6 Å². The van der Waals surface area contributed by atoms with E-state index in [-0.39, 0.29) is 11.4 Å². The molecule has 0 aliphatic heterocycles. The molecule has 0 heterocycles. The van der Waals surface area contributed by atoms with Gasteiger partial charge < -0.3 is 15.5 Å². The first kappa shape index (κ1) is 15.8. The first-order chi connectivity index (χ1) is 9.98. The fraction of sp³-hybridized carbons (Fsp3) is 0.588. The van der Waals surface area contributed by atoms with Gasteiger partial charge in [0.1, 0.15) is 0 Å². The number of rotatable bonds is 6. The minimum Gasteiger partial charge on any atom is -0.385 e. The van der Waals surface area contributed by atoms with Crippen molar-refractivity contribution < 1.29 is 4.79 Å². The molecule has 1 aromatic rings. The summed E-state index contributed by atoms with van der Waals surface area (Å²) in [7, 11) is 4.20. The Kier molecular flexibility index (Phi) is 4.88. The number of amides is 1. The number of hydrogen-bond acceptors (Lipinski definition) is 3. The molecule has 1 saturated carbocycles. The van der Waals surface area contributed by atoms with Gasteiger partial charge in [0, 0.05) is 24.3 Å². The van der Waals surface area contributed by atoms with E-state index in [0.29, 0.717) is 0 Å². The molecule has 1 fully saturated rings. The minimum atomic E-state index is 0.0165. The van der Waals surface area contributed by atoms with Crippen molar-refractivity contribution >= 4 is 11.6 Å². The van der Waals surface area contributed by atoms with Crippen molar-refractivity contribution in [3.8, 4) is 0 Å². The number of nitrogens with one attached hydrogen (secondary N) is 2. The highest BCUT2D eigenvalue weighted by atomic mass is 16.1. The topological polar surface area (TPSA) is 44.4 Å². The van der Waals surface area contributed by atoms with Gasteiger partial charge in [0.2, 0.25) is 0 Å². The molecule has 4 nitrogen and oxygen atoms in total. The van der Waals surface area contributed by atoms with E-state index in [1.807, 2.05) is 32.0 Å². The molecule has 0 aromatic heterocycles. The number of benzene rings is 1. The molecule has 116 valence electrons. The van der Waals surface area contributed by atoms with Crippen LogP contribution < -0.4 is 10.6 Å². The average molecular weight is 289 g/mol. The Morgan fingerprint density at radius 2 is 2.05 bits per heavy atom. The molecule has 21 heavy (non-hydrogen) atoms. The third kappa shape index (κ3) is 3.38. The monoisotopic (exact) mass is 289 g/mol. The lowest BCUT2D eigenvalue weighted by Crippen LogP contribution is -2.57. The van der Waals surface area contributed by atoms with Gasteiger partial charge in [-0.1, -0.05) is 11.6 Å². The second kappa shape index (κ2) is 6.48. The Balaban J connectivity index is 2.08. The predicted octanol–water partition coefficient (Wildman–Crippen LogP) is 2.64. The van der Waals surface area contributed by atoms with Gasteiger partial charge >= 0.3 is 0 Å². The van der Waals surface area contributed by atoms with E-state index in [1.165, 1.54) is 6.42 Å². The van der Waals surface area contributed by atoms with Crippen molar-refractivity contribution in [3.63, 3.8) is 0 Å². The van der Waals surface area contributed by atoms with Gasteiger partial charge in [0.15, 0.2) is 0 Å². The molecule has 1 amide bonds. The molecule has 0 saturated heterocycles. The largest absolute Gasteiger partial charge is 0.385 e. The predicted molar refractivity (Wildman–Crippen MR) is 87.9 cm³/mol. The summed E-state index contributed by atoms with van der Waals surface area (Å²) in [5.41, 5.74) is 2.91. The van der Waals surface area contributed by atoms with Gasteiger partial charge in [-0.05, 0) is 59.3 Å². The van der Waals surface area contributed by atoms with Gasteiger partial charge in [-0.25, -0.2) is 0 Å². The molecule has 0 bridgehead atoms. The zero-order chi connectivity index (χ0) is 15.5. The fourth-order valence-corrected chi connectivity index (χ4v) is 2.90. The van der Waals surface area contributed by atoms with Crippen LogP contribution in [0, 0.1) is 6.92 Å². The SMILES string of the molecule is CCNc1ccc(C)cc1C(=O)NCC1(N(C)C)CCC1. The minimum absolute atomic E-state index is 0.0165. The summed E-state index contributed by atoms with van der Waals surface area (Å²) in [5, 5.41) is 6.39. The Bertz CT molecular complexity index is 507. The van der Waals surface area contributed by atoms with Crippen molar-refractivity contribution in [1.29, 1.82) is 0 Å². The van der Waals surface area contributed by atoms with Gasteiger partial charge in [-0.3, -0.25) is 4.79 Å². The number of aryl methyl sites for hydroxylation is 1. The normalized spacial score (nSPS) is 16.4. The van der Waals surface area contributed by atoms with Crippen LogP contribution in [0.4, 0.5) is 5.69 Å². The Labute approximate surface area is 127 Å². The van der Waals surface area contributed by atoms with Gasteiger partial charge in [0.05, 0.1) is 5.56 Å². The number of carbonyl (C=O) groups is 1.